The van der Waals surface area contributed by atoms with Gasteiger partial charge in [0.1, 0.15) is 18.7 Å². The van der Waals surface area contributed by atoms with Crippen LogP contribution in [0, 0.1) is 0 Å². The number of aliphatic imine (C=N–C) groups is 3. The maximum absolute atomic E-state index is 6.55. The Balaban J connectivity index is 1.57. The molecule has 1 unspecified atom stereocenters. The van der Waals surface area contributed by atoms with Crippen LogP contribution < -0.4 is 21.5 Å². The van der Waals surface area contributed by atoms with E-state index in [2.05, 4.69) is 25.3 Å². The number of benzene rings is 1. The van der Waals surface area contributed by atoms with Crippen molar-refractivity contribution in [1.29, 1.82) is 0 Å². The van der Waals surface area contributed by atoms with Gasteiger partial charge >= 0.3 is 0 Å². The fraction of sp³-hybridized carbons (Fsp3) is 0.360. The number of nitrogens with one attached hydrogen (secondary N) is 1. The number of halogens is 2. The van der Waals surface area contributed by atoms with Gasteiger partial charge in [0, 0.05) is 65.8 Å². The smallest absolute Gasteiger partial charge is 0.120 e. The summed E-state index contributed by atoms with van der Waals surface area (Å²) >= 11 is 12.4. The van der Waals surface area contributed by atoms with Gasteiger partial charge < -0.3 is 21.5 Å². The predicted molar refractivity (Wildman–Crippen MR) is 145 cm³/mol. The first-order valence-corrected chi connectivity index (χ1v) is 12.3. The second-order valence-electron chi connectivity index (χ2n) is 8.63. The highest BCUT2D eigenvalue weighted by Crippen LogP contribution is 2.29. The molecule has 0 aliphatic carbocycles. The number of nitrogens with two attached hydrogens (primary N) is 2. The number of pyridine rings is 1. The minimum Gasteiger partial charge on any atom is -0.489 e. The van der Waals surface area contributed by atoms with Crippen LogP contribution in [0.1, 0.15) is 36.8 Å². The second-order valence-corrected chi connectivity index (χ2v) is 9.45. The van der Waals surface area contributed by atoms with Gasteiger partial charge in [0.15, 0.2) is 0 Å². The lowest BCUT2D eigenvalue weighted by Gasteiger charge is -2.28. The van der Waals surface area contributed by atoms with Crippen molar-refractivity contribution in [1.82, 2.24) is 10.3 Å². The van der Waals surface area contributed by atoms with E-state index in [0.717, 1.165) is 32.4 Å². The van der Waals surface area contributed by atoms with Crippen LogP contribution in [0.5, 0.6) is 5.75 Å². The number of aromatic nitrogens is 1. The molecule has 0 amide bonds. The van der Waals surface area contributed by atoms with E-state index in [1.807, 2.05) is 0 Å². The lowest BCUT2D eigenvalue weighted by Crippen LogP contribution is -2.41. The molecule has 1 aromatic carbocycles. The van der Waals surface area contributed by atoms with Crippen molar-refractivity contribution in [3.63, 3.8) is 0 Å². The Labute approximate surface area is 215 Å². The Morgan fingerprint density at radius 3 is 2.57 bits per heavy atom. The van der Waals surface area contributed by atoms with E-state index in [9.17, 15) is 0 Å². The van der Waals surface area contributed by atoms with E-state index >= 15 is 0 Å². The number of nitrogens with zero attached hydrogens (tertiary/aromatic N) is 4. The van der Waals surface area contributed by atoms with Crippen LogP contribution in [0.15, 0.2) is 51.1 Å². The molecule has 2 aliphatic heterocycles. The lowest BCUT2D eigenvalue weighted by molar-refractivity contribution is 0.306. The average Bonchev–Trinajstić information content (AvgIpc) is 3.30. The third kappa shape index (κ3) is 6.39. The van der Waals surface area contributed by atoms with E-state index in [-0.39, 0.29) is 12.1 Å². The highest BCUT2D eigenvalue weighted by Gasteiger charge is 2.32. The average molecular weight is 514 g/mol. The van der Waals surface area contributed by atoms with E-state index < -0.39 is 0 Å². The number of hydrogen-bond acceptors (Lipinski definition) is 8. The van der Waals surface area contributed by atoms with Gasteiger partial charge in [-0.15, -0.1) is 0 Å². The first-order chi connectivity index (χ1) is 17.0. The lowest BCUT2D eigenvalue weighted by atomic mass is 9.89. The minimum atomic E-state index is 0.101. The van der Waals surface area contributed by atoms with Crippen LogP contribution in [0.25, 0.3) is 5.70 Å². The Morgan fingerprint density at radius 1 is 1.06 bits per heavy atom. The topological polar surface area (TPSA) is 123 Å². The molecular formula is C25H29Cl2N7O. The molecule has 2 aliphatic rings. The molecule has 1 spiro atoms. The van der Waals surface area contributed by atoms with Crippen LogP contribution in [-0.4, -0.2) is 48.9 Å². The summed E-state index contributed by atoms with van der Waals surface area (Å²) in [6, 6.07) is 5.29. The van der Waals surface area contributed by atoms with Crippen LogP contribution in [-0.2, 0) is 6.61 Å². The molecule has 2 aromatic rings. The number of ether oxygens (including phenoxy) is 1. The van der Waals surface area contributed by atoms with Gasteiger partial charge in [-0.1, -0.05) is 23.2 Å². The van der Waals surface area contributed by atoms with Gasteiger partial charge in [0.05, 0.1) is 15.7 Å². The zero-order chi connectivity index (χ0) is 24.7. The van der Waals surface area contributed by atoms with Gasteiger partial charge in [-0.3, -0.25) is 15.0 Å². The summed E-state index contributed by atoms with van der Waals surface area (Å²) in [4.78, 5) is 17.4. The highest BCUT2D eigenvalue weighted by atomic mass is 35.5. The largest absolute Gasteiger partial charge is 0.489 e. The SMILES string of the molecule is N/C(=C1/C=NC=NCCC2(CCCN2)CCN=C1)c1cc(OCc2c(Cl)cncc2Cl)ccc1N. The van der Waals surface area contributed by atoms with E-state index in [0.29, 0.717) is 50.4 Å². The van der Waals surface area contributed by atoms with Crippen LogP contribution in [0.3, 0.4) is 0 Å². The highest BCUT2D eigenvalue weighted by molar-refractivity contribution is 6.35. The van der Waals surface area contributed by atoms with Crippen molar-refractivity contribution >= 4 is 53.4 Å². The molecule has 1 atom stereocenters. The van der Waals surface area contributed by atoms with Crippen LogP contribution >= 0.6 is 23.2 Å². The van der Waals surface area contributed by atoms with Gasteiger partial charge in [0.25, 0.3) is 0 Å². The summed E-state index contributed by atoms with van der Waals surface area (Å²) in [5.74, 6) is 0.569. The van der Waals surface area contributed by atoms with Crippen molar-refractivity contribution in [3.8, 4) is 5.75 Å². The van der Waals surface area contributed by atoms with Gasteiger partial charge in [-0.05, 0) is 50.4 Å². The molecular weight excluding hydrogens is 485 g/mol. The molecule has 1 fully saturated rings. The van der Waals surface area contributed by atoms with Gasteiger partial charge in [-0.25, -0.2) is 4.99 Å². The summed E-state index contributed by atoms with van der Waals surface area (Å²) < 4.78 is 5.93. The molecule has 35 heavy (non-hydrogen) atoms. The van der Waals surface area contributed by atoms with Gasteiger partial charge in [0.2, 0.25) is 0 Å². The van der Waals surface area contributed by atoms with E-state index in [1.165, 1.54) is 18.8 Å². The maximum atomic E-state index is 6.55. The molecule has 1 aromatic heterocycles. The Bertz CT molecular complexity index is 1150. The van der Waals surface area contributed by atoms with Gasteiger partial charge in [-0.2, -0.15) is 0 Å². The third-order valence-electron chi connectivity index (χ3n) is 6.32. The summed E-state index contributed by atoms with van der Waals surface area (Å²) in [5.41, 5.74) is 15.8. The number of anilines is 1. The van der Waals surface area contributed by atoms with Crippen molar-refractivity contribution < 1.29 is 4.74 Å². The van der Waals surface area contributed by atoms with E-state index in [1.54, 1.807) is 37.0 Å². The standard InChI is InChI=1S/C25H29Cl2N7O/c26-21-13-32-14-22(27)20(21)15-35-18-2-3-23(28)19(10-18)24(29)17-11-30-8-5-25(4-1-7-34-25)6-9-31-16-33-12-17/h2-3,10-14,16,34H,1,4-9,15,28-29H2/b24-17+,30-11?,31-16?,33-12?. The Hall–Kier alpha value is -2.94. The second kappa shape index (κ2) is 11.7. The molecule has 8 nitrogen and oxygen atoms in total. The van der Waals surface area contributed by atoms with Crippen LogP contribution in [0.2, 0.25) is 10.0 Å². The first kappa shape index (κ1) is 25.2. The van der Waals surface area contributed by atoms with Crippen molar-refractivity contribution in [2.45, 2.75) is 37.8 Å². The summed E-state index contributed by atoms with van der Waals surface area (Å²) in [6.45, 7) is 2.63. The molecule has 1 saturated heterocycles. The molecule has 0 saturated carbocycles. The molecule has 3 heterocycles. The fourth-order valence-corrected chi connectivity index (χ4v) is 4.75. The zero-order valence-electron chi connectivity index (χ0n) is 19.4. The fourth-order valence-electron chi connectivity index (χ4n) is 4.28. The molecule has 10 heteroatoms. The number of rotatable bonds is 4. The maximum Gasteiger partial charge on any atom is 0.120 e. The number of nitrogen functional groups attached to an aromatic ring is 1. The molecule has 4 rings (SSSR count). The molecule has 5 N–H and O–H groups in total. The number of allylic oxidation sites excluding steroid dienone is 1. The van der Waals surface area contributed by atoms with E-state index in [4.69, 9.17) is 39.4 Å². The van der Waals surface area contributed by atoms with Crippen molar-refractivity contribution in [3.05, 3.63) is 57.3 Å². The summed E-state index contributed by atoms with van der Waals surface area (Å²) in [7, 11) is 0. The van der Waals surface area contributed by atoms with Crippen LogP contribution in [0.4, 0.5) is 5.69 Å². The first-order valence-electron chi connectivity index (χ1n) is 11.5. The Kier molecular flexibility index (Phi) is 8.38. The quantitative estimate of drug-likeness (QED) is 0.525. The molecule has 0 radical (unpaired) electrons. The third-order valence-corrected chi connectivity index (χ3v) is 6.98. The molecule has 0 bridgehead atoms. The summed E-state index contributed by atoms with van der Waals surface area (Å²) in [5, 5.41) is 4.53. The van der Waals surface area contributed by atoms with Crippen molar-refractivity contribution in [2.24, 2.45) is 20.7 Å². The minimum absolute atomic E-state index is 0.101. The zero-order valence-corrected chi connectivity index (χ0v) is 20.9. The molecule has 184 valence electrons. The Morgan fingerprint density at radius 2 is 1.83 bits per heavy atom. The summed E-state index contributed by atoms with van der Waals surface area (Å²) in [6.07, 6.45) is 12.3. The normalized spacial score (nSPS) is 22.1. The van der Waals surface area contributed by atoms with Crippen molar-refractivity contribution in [2.75, 3.05) is 25.4 Å². The predicted octanol–water partition coefficient (Wildman–Crippen LogP) is 4.31. The monoisotopic (exact) mass is 513 g/mol. The number of hydrogen-bond donors (Lipinski definition) is 3.